The van der Waals surface area contributed by atoms with Gasteiger partial charge in [0, 0.05) is 30.6 Å². The standard InChI is InChI=1S/C20H26O6/c1-11(2)19(22)25-10-14-6-7-17(24-5)13(4)16(21)9-15-12(3)20(23)26-18(15)8-14/h8,11,15,17-18H,3-4,6-7,9-10H2,1-2,5H3/b14-8-/t15-,17-,18-/m0/s1. The van der Waals surface area contributed by atoms with E-state index >= 15 is 0 Å². The molecule has 2 aliphatic rings. The van der Waals surface area contributed by atoms with Crippen molar-refractivity contribution in [1.82, 2.24) is 0 Å². The number of rotatable bonds is 4. The fraction of sp³-hybridized carbons (Fsp3) is 0.550. The van der Waals surface area contributed by atoms with Gasteiger partial charge in [0.1, 0.15) is 12.7 Å². The number of hydrogen-bond acceptors (Lipinski definition) is 6. The summed E-state index contributed by atoms with van der Waals surface area (Å²) in [5, 5.41) is 0. The topological polar surface area (TPSA) is 78.9 Å². The van der Waals surface area contributed by atoms with Crippen LogP contribution in [0.1, 0.15) is 33.1 Å². The second kappa shape index (κ2) is 8.45. The van der Waals surface area contributed by atoms with Gasteiger partial charge < -0.3 is 14.2 Å². The zero-order valence-electron chi connectivity index (χ0n) is 15.6. The fourth-order valence-corrected chi connectivity index (χ4v) is 3.05. The van der Waals surface area contributed by atoms with Crippen molar-refractivity contribution in [3.05, 3.63) is 36.0 Å². The Morgan fingerprint density at radius 1 is 1.31 bits per heavy atom. The first-order valence-corrected chi connectivity index (χ1v) is 8.75. The summed E-state index contributed by atoms with van der Waals surface area (Å²) >= 11 is 0. The van der Waals surface area contributed by atoms with E-state index in [9.17, 15) is 14.4 Å². The van der Waals surface area contributed by atoms with Crippen molar-refractivity contribution in [2.45, 2.75) is 45.3 Å². The summed E-state index contributed by atoms with van der Waals surface area (Å²) in [7, 11) is 1.53. The van der Waals surface area contributed by atoms with Crippen LogP contribution in [0.2, 0.25) is 0 Å². The number of hydrogen-bond donors (Lipinski definition) is 0. The molecule has 6 heteroatoms. The van der Waals surface area contributed by atoms with Crippen molar-refractivity contribution in [2.24, 2.45) is 11.8 Å². The molecule has 0 N–H and O–H groups in total. The Bertz CT molecular complexity index is 657. The monoisotopic (exact) mass is 362 g/mol. The minimum atomic E-state index is -0.585. The van der Waals surface area contributed by atoms with Gasteiger partial charge in [0.25, 0.3) is 0 Å². The lowest BCUT2D eigenvalue weighted by Gasteiger charge is -2.23. The normalized spacial score (nSPS) is 29.1. The SMILES string of the molecule is C=C1C(=O)C[C@H]2C(=C)C(=O)O[C@H]2/C=C(\COC(=O)C(C)C)CC[C@@H]1OC. The van der Waals surface area contributed by atoms with Crippen molar-refractivity contribution in [2.75, 3.05) is 13.7 Å². The maximum Gasteiger partial charge on any atom is 0.334 e. The smallest absolute Gasteiger partial charge is 0.334 e. The quantitative estimate of drug-likeness (QED) is 0.434. The van der Waals surface area contributed by atoms with Gasteiger partial charge in [-0.2, -0.15) is 0 Å². The van der Waals surface area contributed by atoms with Crippen LogP contribution in [0.15, 0.2) is 36.0 Å². The molecule has 0 aromatic rings. The van der Waals surface area contributed by atoms with Gasteiger partial charge in [0.2, 0.25) is 0 Å². The van der Waals surface area contributed by atoms with E-state index in [-0.39, 0.29) is 36.3 Å². The van der Waals surface area contributed by atoms with Crippen LogP contribution in [0.3, 0.4) is 0 Å². The lowest BCUT2D eigenvalue weighted by atomic mass is 9.85. The summed E-state index contributed by atoms with van der Waals surface area (Å²) in [6.07, 6.45) is 1.92. The number of methoxy groups -OCH3 is 1. The first-order chi connectivity index (χ1) is 12.2. The largest absolute Gasteiger partial charge is 0.461 e. The zero-order valence-corrected chi connectivity index (χ0v) is 15.6. The van der Waals surface area contributed by atoms with E-state index in [4.69, 9.17) is 14.2 Å². The average Bonchev–Trinajstić information content (AvgIpc) is 2.86. The lowest BCUT2D eigenvalue weighted by Crippen LogP contribution is -2.27. The van der Waals surface area contributed by atoms with Crippen LogP contribution in [0, 0.1) is 11.8 Å². The second-order valence-corrected chi connectivity index (χ2v) is 7.00. The Balaban J connectivity index is 2.28. The maximum absolute atomic E-state index is 12.5. The predicted molar refractivity (Wildman–Crippen MR) is 95.2 cm³/mol. The van der Waals surface area contributed by atoms with E-state index in [0.717, 1.165) is 5.57 Å². The Morgan fingerprint density at radius 3 is 2.62 bits per heavy atom. The average molecular weight is 362 g/mol. The highest BCUT2D eigenvalue weighted by Crippen LogP contribution is 2.34. The van der Waals surface area contributed by atoms with Gasteiger partial charge in [-0.1, -0.05) is 27.0 Å². The van der Waals surface area contributed by atoms with Crippen LogP contribution in [-0.2, 0) is 28.6 Å². The Kier molecular flexibility index (Phi) is 6.53. The van der Waals surface area contributed by atoms with E-state index < -0.39 is 24.1 Å². The van der Waals surface area contributed by atoms with Crippen molar-refractivity contribution >= 4 is 17.7 Å². The third kappa shape index (κ3) is 4.49. The van der Waals surface area contributed by atoms with Crippen LogP contribution >= 0.6 is 0 Å². The first-order valence-electron chi connectivity index (χ1n) is 8.75. The Hall–Kier alpha value is -2.21. The van der Waals surface area contributed by atoms with Gasteiger partial charge in [-0.25, -0.2) is 4.79 Å². The van der Waals surface area contributed by atoms with Crippen molar-refractivity contribution in [1.29, 1.82) is 0 Å². The molecule has 1 heterocycles. The summed E-state index contributed by atoms with van der Waals surface area (Å²) in [5.74, 6) is -1.63. The highest BCUT2D eigenvalue weighted by Gasteiger charge is 2.40. The number of esters is 2. The molecule has 3 atom stereocenters. The summed E-state index contributed by atoms with van der Waals surface area (Å²) < 4.78 is 16.1. The minimum Gasteiger partial charge on any atom is -0.461 e. The lowest BCUT2D eigenvalue weighted by molar-refractivity contribution is -0.146. The highest BCUT2D eigenvalue weighted by molar-refractivity contribution is 5.98. The molecule has 2 rings (SSSR count). The van der Waals surface area contributed by atoms with Gasteiger partial charge >= 0.3 is 11.9 Å². The molecule has 1 aliphatic carbocycles. The van der Waals surface area contributed by atoms with Gasteiger partial charge in [0.05, 0.1) is 12.0 Å². The zero-order chi connectivity index (χ0) is 19.4. The number of ketones is 1. The molecule has 0 saturated carbocycles. The Labute approximate surface area is 153 Å². The molecular weight excluding hydrogens is 336 g/mol. The van der Waals surface area contributed by atoms with Crippen LogP contribution in [0.4, 0.5) is 0 Å². The third-order valence-electron chi connectivity index (χ3n) is 4.78. The van der Waals surface area contributed by atoms with Gasteiger partial charge in [-0.05, 0) is 24.5 Å². The molecule has 0 unspecified atom stereocenters. The number of carbonyl (C=O) groups excluding carboxylic acids is 3. The molecule has 142 valence electrons. The predicted octanol–water partition coefficient (Wildman–Crippen LogP) is 2.53. The number of Topliss-reactive ketones (excluding diaryl/α,β-unsaturated/α-hetero) is 1. The third-order valence-corrected chi connectivity index (χ3v) is 4.78. The summed E-state index contributed by atoms with van der Waals surface area (Å²) in [4.78, 5) is 36.2. The molecule has 0 amide bonds. The fourth-order valence-electron chi connectivity index (χ4n) is 3.05. The van der Waals surface area contributed by atoms with Crippen LogP contribution in [-0.4, -0.2) is 43.6 Å². The van der Waals surface area contributed by atoms with Gasteiger partial charge in [-0.15, -0.1) is 0 Å². The van der Waals surface area contributed by atoms with E-state index in [2.05, 4.69) is 13.2 Å². The van der Waals surface area contributed by atoms with Gasteiger partial charge in [0.15, 0.2) is 5.78 Å². The molecule has 0 bridgehead atoms. The molecular formula is C20H26O6. The first kappa shape index (κ1) is 20.1. The molecule has 1 fully saturated rings. The molecule has 0 spiro atoms. The van der Waals surface area contributed by atoms with Crippen LogP contribution in [0.5, 0.6) is 0 Å². The summed E-state index contributed by atoms with van der Waals surface area (Å²) in [5.41, 5.74) is 1.47. The maximum atomic E-state index is 12.5. The van der Waals surface area contributed by atoms with E-state index in [1.54, 1.807) is 19.9 Å². The number of carbonyl (C=O) groups is 3. The summed E-state index contributed by atoms with van der Waals surface area (Å²) in [6, 6.07) is 0. The van der Waals surface area contributed by atoms with E-state index in [1.807, 2.05) is 0 Å². The molecule has 0 radical (unpaired) electrons. The van der Waals surface area contributed by atoms with Crippen molar-refractivity contribution in [3.63, 3.8) is 0 Å². The highest BCUT2D eigenvalue weighted by atomic mass is 16.6. The molecule has 6 nitrogen and oxygen atoms in total. The van der Waals surface area contributed by atoms with Crippen molar-refractivity contribution in [3.8, 4) is 0 Å². The molecule has 0 aromatic carbocycles. The molecule has 1 saturated heterocycles. The second-order valence-electron chi connectivity index (χ2n) is 7.00. The van der Waals surface area contributed by atoms with Crippen LogP contribution < -0.4 is 0 Å². The van der Waals surface area contributed by atoms with Gasteiger partial charge in [-0.3, -0.25) is 9.59 Å². The summed E-state index contributed by atoms with van der Waals surface area (Å²) in [6.45, 7) is 11.3. The number of ether oxygens (including phenoxy) is 3. The van der Waals surface area contributed by atoms with Crippen LogP contribution in [0.25, 0.3) is 0 Å². The van der Waals surface area contributed by atoms with E-state index in [1.165, 1.54) is 7.11 Å². The molecule has 1 aliphatic heterocycles. The Morgan fingerprint density at radius 2 is 2.00 bits per heavy atom. The molecule has 26 heavy (non-hydrogen) atoms. The number of fused-ring (bicyclic) bond motifs is 1. The minimum absolute atomic E-state index is 0.0868. The van der Waals surface area contributed by atoms with Crippen molar-refractivity contribution < 1.29 is 28.6 Å². The molecule has 0 aromatic heterocycles. The van der Waals surface area contributed by atoms with E-state index in [0.29, 0.717) is 18.4 Å².